The van der Waals surface area contributed by atoms with Gasteiger partial charge in [-0.15, -0.1) is 0 Å². The smallest absolute Gasteiger partial charge is 0.318 e. The SMILES string of the molecule is CNC(=O)Nc1cccc(NC(=O)c2cc(C(C)C)nn2C)c1. The second-order valence-electron chi connectivity index (χ2n) is 5.47. The van der Waals surface area contributed by atoms with Gasteiger partial charge >= 0.3 is 6.03 Å². The van der Waals surface area contributed by atoms with E-state index in [1.807, 2.05) is 13.8 Å². The number of hydrogen-bond donors (Lipinski definition) is 3. The van der Waals surface area contributed by atoms with Crippen LogP contribution in [0.5, 0.6) is 0 Å². The lowest BCUT2D eigenvalue weighted by Crippen LogP contribution is -2.24. The standard InChI is InChI=1S/C16H21N5O2/c1-10(2)13-9-14(21(4)20-13)15(22)18-11-6-5-7-12(8-11)19-16(23)17-3/h5-10H,1-4H3,(H,18,22)(H2,17,19,23). The highest BCUT2D eigenvalue weighted by molar-refractivity contribution is 6.03. The average Bonchev–Trinajstić information content (AvgIpc) is 2.90. The van der Waals surface area contributed by atoms with Gasteiger partial charge < -0.3 is 16.0 Å². The Morgan fingerprint density at radius 3 is 2.35 bits per heavy atom. The highest BCUT2D eigenvalue weighted by Gasteiger charge is 2.15. The van der Waals surface area contributed by atoms with Crippen LogP contribution >= 0.6 is 0 Å². The number of nitrogens with zero attached hydrogens (tertiary/aromatic N) is 2. The molecule has 23 heavy (non-hydrogen) atoms. The molecule has 3 N–H and O–H groups in total. The number of rotatable bonds is 4. The molecular weight excluding hydrogens is 294 g/mol. The lowest BCUT2D eigenvalue weighted by atomic mass is 10.1. The van der Waals surface area contributed by atoms with Gasteiger partial charge in [-0.2, -0.15) is 5.10 Å². The molecule has 2 aromatic rings. The fraction of sp³-hybridized carbons (Fsp3) is 0.312. The molecule has 0 saturated heterocycles. The van der Waals surface area contributed by atoms with Crippen molar-refractivity contribution in [2.75, 3.05) is 17.7 Å². The van der Waals surface area contributed by atoms with Crippen molar-refractivity contribution in [2.24, 2.45) is 7.05 Å². The van der Waals surface area contributed by atoms with Gasteiger partial charge in [-0.05, 0) is 30.2 Å². The first-order valence-electron chi connectivity index (χ1n) is 7.34. The molecular formula is C16H21N5O2. The summed E-state index contributed by atoms with van der Waals surface area (Å²) >= 11 is 0. The van der Waals surface area contributed by atoms with Gasteiger partial charge in [0.05, 0.1) is 5.69 Å². The topological polar surface area (TPSA) is 88.1 Å². The van der Waals surface area contributed by atoms with Crippen LogP contribution in [-0.2, 0) is 7.05 Å². The van der Waals surface area contributed by atoms with E-state index in [4.69, 9.17) is 0 Å². The molecule has 1 aromatic heterocycles. The monoisotopic (exact) mass is 315 g/mol. The maximum absolute atomic E-state index is 12.4. The summed E-state index contributed by atoms with van der Waals surface area (Å²) in [6.45, 7) is 4.05. The van der Waals surface area contributed by atoms with Crippen molar-refractivity contribution >= 4 is 23.3 Å². The Bertz CT molecular complexity index is 721. The summed E-state index contributed by atoms with van der Waals surface area (Å²) in [6, 6.07) is 8.41. The van der Waals surface area contributed by atoms with Crippen LogP contribution in [-0.4, -0.2) is 28.8 Å². The van der Waals surface area contributed by atoms with Gasteiger partial charge in [-0.25, -0.2) is 4.79 Å². The number of aryl methyl sites for hydroxylation is 1. The molecule has 0 radical (unpaired) electrons. The molecule has 0 aliphatic rings. The molecule has 0 atom stereocenters. The van der Waals surface area contributed by atoms with Crippen LogP contribution in [0.15, 0.2) is 30.3 Å². The highest BCUT2D eigenvalue weighted by atomic mass is 16.2. The molecule has 1 aromatic carbocycles. The van der Waals surface area contributed by atoms with Gasteiger partial charge in [-0.3, -0.25) is 9.48 Å². The number of anilines is 2. The van der Waals surface area contributed by atoms with E-state index < -0.39 is 0 Å². The zero-order valence-corrected chi connectivity index (χ0v) is 13.7. The molecule has 2 rings (SSSR count). The maximum atomic E-state index is 12.4. The van der Waals surface area contributed by atoms with E-state index in [1.54, 1.807) is 42.1 Å². The number of benzene rings is 1. The molecule has 0 bridgehead atoms. The Labute approximate surface area is 135 Å². The third-order valence-corrected chi connectivity index (χ3v) is 3.33. The summed E-state index contributed by atoms with van der Waals surface area (Å²) < 4.78 is 1.57. The predicted octanol–water partition coefficient (Wildman–Crippen LogP) is 2.55. The van der Waals surface area contributed by atoms with Crippen molar-refractivity contribution in [1.82, 2.24) is 15.1 Å². The minimum absolute atomic E-state index is 0.246. The van der Waals surface area contributed by atoms with Gasteiger partial charge in [-0.1, -0.05) is 19.9 Å². The molecule has 0 unspecified atom stereocenters. The van der Waals surface area contributed by atoms with Crippen LogP contribution in [0.3, 0.4) is 0 Å². The highest BCUT2D eigenvalue weighted by Crippen LogP contribution is 2.18. The molecule has 0 fully saturated rings. The van der Waals surface area contributed by atoms with Crippen LogP contribution in [0.25, 0.3) is 0 Å². The normalized spacial score (nSPS) is 10.5. The fourth-order valence-electron chi connectivity index (χ4n) is 2.05. The Balaban J connectivity index is 2.14. The molecule has 7 nitrogen and oxygen atoms in total. The van der Waals surface area contributed by atoms with E-state index in [2.05, 4.69) is 21.0 Å². The van der Waals surface area contributed by atoms with E-state index in [0.717, 1.165) is 5.69 Å². The van der Waals surface area contributed by atoms with Crippen LogP contribution in [0.2, 0.25) is 0 Å². The number of hydrogen-bond acceptors (Lipinski definition) is 3. The minimum Gasteiger partial charge on any atom is -0.341 e. The van der Waals surface area contributed by atoms with E-state index in [0.29, 0.717) is 17.1 Å². The lowest BCUT2D eigenvalue weighted by molar-refractivity contribution is 0.101. The van der Waals surface area contributed by atoms with E-state index in [-0.39, 0.29) is 17.9 Å². The number of aromatic nitrogens is 2. The molecule has 1 heterocycles. The summed E-state index contributed by atoms with van der Waals surface area (Å²) in [5, 5.41) is 12.3. The van der Waals surface area contributed by atoms with Crippen molar-refractivity contribution in [1.29, 1.82) is 0 Å². The number of nitrogens with one attached hydrogen (secondary N) is 3. The Morgan fingerprint density at radius 1 is 1.13 bits per heavy atom. The zero-order valence-electron chi connectivity index (χ0n) is 13.7. The van der Waals surface area contributed by atoms with E-state index in [9.17, 15) is 9.59 Å². The lowest BCUT2D eigenvalue weighted by Gasteiger charge is -2.08. The molecule has 3 amide bonds. The summed E-state index contributed by atoms with van der Waals surface area (Å²) in [4.78, 5) is 23.7. The van der Waals surface area contributed by atoms with Crippen LogP contribution < -0.4 is 16.0 Å². The summed E-state index contributed by atoms with van der Waals surface area (Å²) in [5.74, 6) is 0.00632. The molecule has 122 valence electrons. The quantitative estimate of drug-likeness (QED) is 0.810. The van der Waals surface area contributed by atoms with Gasteiger partial charge in [0.2, 0.25) is 0 Å². The zero-order chi connectivity index (χ0) is 17.0. The molecule has 0 aliphatic carbocycles. The van der Waals surface area contributed by atoms with Crippen LogP contribution in [0.1, 0.15) is 35.9 Å². The van der Waals surface area contributed by atoms with Gasteiger partial charge in [0, 0.05) is 25.5 Å². The number of carbonyl (C=O) groups excluding carboxylic acids is 2. The fourth-order valence-corrected chi connectivity index (χ4v) is 2.05. The number of amides is 3. The summed E-state index contributed by atoms with van der Waals surface area (Å²) in [5.41, 5.74) is 2.54. The van der Waals surface area contributed by atoms with E-state index >= 15 is 0 Å². The van der Waals surface area contributed by atoms with Crippen molar-refractivity contribution in [3.63, 3.8) is 0 Å². The number of urea groups is 1. The first-order valence-corrected chi connectivity index (χ1v) is 7.34. The Morgan fingerprint density at radius 2 is 1.78 bits per heavy atom. The second-order valence-corrected chi connectivity index (χ2v) is 5.47. The molecule has 0 saturated carbocycles. The van der Waals surface area contributed by atoms with Crippen molar-refractivity contribution in [3.8, 4) is 0 Å². The Hall–Kier alpha value is -2.83. The third kappa shape index (κ3) is 4.09. The van der Waals surface area contributed by atoms with Crippen LogP contribution in [0.4, 0.5) is 16.2 Å². The van der Waals surface area contributed by atoms with Gasteiger partial charge in [0.1, 0.15) is 5.69 Å². The van der Waals surface area contributed by atoms with E-state index in [1.165, 1.54) is 7.05 Å². The first-order chi connectivity index (χ1) is 10.9. The second kappa shape index (κ2) is 6.95. The average molecular weight is 315 g/mol. The summed E-state index contributed by atoms with van der Waals surface area (Å²) in [7, 11) is 3.28. The first kappa shape index (κ1) is 16.5. The maximum Gasteiger partial charge on any atom is 0.318 e. The molecule has 7 heteroatoms. The van der Waals surface area contributed by atoms with Gasteiger partial charge in [0.15, 0.2) is 0 Å². The molecule has 0 spiro atoms. The largest absolute Gasteiger partial charge is 0.341 e. The predicted molar refractivity (Wildman–Crippen MR) is 89.8 cm³/mol. The van der Waals surface area contributed by atoms with Crippen molar-refractivity contribution < 1.29 is 9.59 Å². The van der Waals surface area contributed by atoms with Crippen LogP contribution in [0, 0.1) is 0 Å². The minimum atomic E-state index is -0.318. The summed E-state index contributed by atoms with van der Waals surface area (Å²) in [6.07, 6.45) is 0. The Kier molecular flexibility index (Phi) is 5.00. The van der Waals surface area contributed by atoms with Crippen molar-refractivity contribution in [3.05, 3.63) is 41.7 Å². The van der Waals surface area contributed by atoms with Crippen molar-refractivity contribution in [2.45, 2.75) is 19.8 Å². The molecule has 0 aliphatic heterocycles. The number of carbonyl (C=O) groups is 2. The third-order valence-electron chi connectivity index (χ3n) is 3.33. The van der Waals surface area contributed by atoms with Gasteiger partial charge in [0.25, 0.3) is 5.91 Å².